The third-order valence-electron chi connectivity index (χ3n) is 2.95. The first kappa shape index (κ1) is 13.7. The second kappa shape index (κ2) is 5.52. The van der Waals surface area contributed by atoms with Gasteiger partial charge in [-0.25, -0.2) is 9.55 Å². The number of imidazole rings is 1. The molecule has 0 N–H and O–H groups in total. The van der Waals surface area contributed by atoms with Gasteiger partial charge in [-0.15, -0.1) is 0 Å². The van der Waals surface area contributed by atoms with E-state index in [1.165, 1.54) is 16.5 Å². The number of nitro groups is 1. The minimum absolute atomic E-state index is 0.0510. The summed E-state index contributed by atoms with van der Waals surface area (Å²) in [5.74, 6) is -0.513. The maximum Gasteiger partial charge on any atom is 0.343 e. The van der Waals surface area contributed by atoms with Crippen LogP contribution in [0.1, 0.15) is 16.2 Å². The van der Waals surface area contributed by atoms with E-state index >= 15 is 0 Å². The number of nitrogens with zero attached hydrogens (tertiary/aromatic N) is 4. The lowest BCUT2D eigenvalue weighted by Crippen LogP contribution is -2.28. The Balaban J connectivity index is 2.17. The van der Waals surface area contributed by atoms with Gasteiger partial charge in [-0.3, -0.25) is 4.79 Å². The second-order valence-corrected chi connectivity index (χ2v) is 4.40. The molecule has 1 aromatic heterocycles. The van der Waals surface area contributed by atoms with E-state index in [4.69, 9.17) is 0 Å². The van der Waals surface area contributed by atoms with Gasteiger partial charge in [-0.1, -0.05) is 30.3 Å². The molecule has 104 valence electrons. The van der Waals surface area contributed by atoms with Crippen LogP contribution >= 0.6 is 0 Å². The van der Waals surface area contributed by atoms with Crippen molar-refractivity contribution in [2.45, 2.75) is 6.54 Å². The molecule has 7 heteroatoms. The van der Waals surface area contributed by atoms with E-state index in [1.54, 1.807) is 7.05 Å². The number of aromatic nitrogens is 2. The number of benzene rings is 1. The summed E-state index contributed by atoms with van der Waals surface area (Å²) in [5.41, 5.74) is 0.979. The maximum absolute atomic E-state index is 12.2. The van der Waals surface area contributed by atoms with E-state index < -0.39 is 4.92 Å². The average molecular weight is 274 g/mol. The van der Waals surface area contributed by atoms with Crippen molar-refractivity contribution >= 4 is 11.7 Å². The van der Waals surface area contributed by atoms with Gasteiger partial charge in [0.05, 0.1) is 7.05 Å². The standard InChI is InChI=1S/C13H14N4O3/c1-15(9-10-6-4-3-5-7-10)13(18)12-14-8-11(16(12)2)17(19)20/h3-8H,9H2,1-2H3. The Morgan fingerprint density at radius 3 is 2.60 bits per heavy atom. The average Bonchev–Trinajstić information content (AvgIpc) is 2.81. The predicted molar refractivity (Wildman–Crippen MR) is 72.1 cm³/mol. The quantitative estimate of drug-likeness (QED) is 0.626. The summed E-state index contributed by atoms with van der Waals surface area (Å²) in [7, 11) is 3.09. The van der Waals surface area contributed by atoms with Crippen molar-refractivity contribution in [2.75, 3.05) is 7.05 Å². The van der Waals surface area contributed by atoms with E-state index in [1.807, 2.05) is 30.3 Å². The van der Waals surface area contributed by atoms with Crippen molar-refractivity contribution in [1.82, 2.24) is 14.5 Å². The summed E-state index contributed by atoms with van der Waals surface area (Å²) >= 11 is 0. The third kappa shape index (κ3) is 2.66. The fraction of sp³-hybridized carbons (Fsp3) is 0.231. The number of rotatable bonds is 4. The maximum atomic E-state index is 12.2. The van der Waals surface area contributed by atoms with Gasteiger partial charge in [0.2, 0.25) is 0 Å². The molecule has 1 aromatic carbocycles. The molecule has 2 aromatic rings. The summed E-state index contributed by atoms with van der Waals surface area (Å²) in [6.07, 6.45) is 1.09. The van der Waals surface area contributed by atoms with Gasteiger partial charge in [-0.2, -0.15) is 0 Å². The Hall–Kier alpha value is -2.70. The van der Waals surface area contributed by atoms with E-state index in [2.05, 4.69) is 4.98 Å². The highest BCUT2D eigenvalue weighted by atomic mass is 16.6. The van der Waals surface area contributed by atoms with Gasteiger partial charge in [-0.05, 0) is 10.5 Å². The fourth-order valence-electron chi connectivity index (χ4n) is 1.87. The van der Waals surface area contributed by atoms with Crippen LogP contribution in [-0.4, -0.2) is 32.3 Å². The zero-order valence-corrected chi connectivity index (χ0v) is 11.2. The number of carbonyl (C=O) groups excluding carboxylic acids is 1. The van der Waals surface area contributed by atoms with Crippen LogP contribution in [0.15, 0.2) is 36.5 Å². The molecular formula is C13H14N4O3. The summed E-state index contributed by atoms with van der Waals surface area (Å²) in [6.45, 7) is 0.417. The molecule has 0 bridgehead atoms. The highest BCUT2D eigenvalue weighted by Gasteiger charge is 2.25. The zero-order valence-electron chi connectivity index (χ0n) is 11.2. The van der Waals surface area contributed by atoms with E-state index in [9.17, 15) is 14.9 Å². The minimum atomic E-state index is -0.568. The molecule has 0 aliphatic carbocycles. The zero-order chi connectivity index (χ0) is 14.7. The molecule has 0 atom stereocenters. The van der Waals surface area contributed by atoms with Gasteiger partial charge in [0.1, 0.15) is 6.20 Å². The van der Waals surface area contributed by atoms with Crippen LogP contribution in [0.2, 0.25) is 0 Å². The summed E-state index contributed by atoms with van der Waals surface area (Å²) in [5, 5.41) is 10.7. The molecule has 1 amide bonds. The molecule has 7 nitrogen and oxygen atoms in total. The lowest BCUT2D eigenvalue weighted by molar-refractivity contribution is -0.391. The van der Waals surface area contributed by atoms with E-state index in [-0.39, 0.29) is 17.5 Å². The fourth-order valence-corrected chi connectivity index (χ4v) is 1.87. The van der Waals surface area contributed by atoms with Crippen LogP contribution in [0.25, 0.3) is 0 Å². The molecule has 2 rings (SSSR count). The highest BCUT2D eigenvalue weighted by molar-refractivity contribution is 5.91. The summed E-state index contributed by atoms with van der Waals surface area (Å²) in [6, 6.07) is 9.49. The monoisotopic (exact) mass is 274 g/mol. The highest BCUT2D eigenvalue weighted by Crippen LogP contribution is 2.14. The van der Waals surface area contributed by atoms with Crippen LogP contribution in [-0.2, 0) is 13.6 Å². The molecule has 1 heterocycles. The van der Waals surface area contributed by atoms with Gasteiger partial charge in [0, 0.05) is 13.6 Å². The Morgan fingerprint density at radius 1 is 1.40 bits per heavy atom. The van der Waals surface area contributed by atoms with Crippen molar-refractivity contribution < 1.29 is 9.72 Å². The molecule has 0 aliphatic heterocycles. The van der Waals surface area contributed by atoms with Crippen molar-refractivity contribution in [3.8, 4) is 0 Å². The smallest absolute Gasteiger partial charge is 0.343 e. The molecule has 20 heavy (non-hydrogen) atoms. The van der Waals surface area contributed by atoms with Gasteiger partial charge in [0.15, 0.2) is 0 Å². The van der Waals surface area contributed by atoms with Gasteiger partial charge < -0.3 is 15.0 Å². The van der Waals surface area contributed by atoms with Crippen molar-refractivity contribution in [3.63, 3.8) is 0 Å². The van der Waals surface area contributed by atoms with Crippen LogP contribution in [0.4, 0.5) is 5.82 Å². The van der Waals surface area contributed by atoms with Crippen molar-refractivity contribution in [1.29, 1.82) is 0 Å². The van der Waals surface area contributed by atoms with E-state index in [0.717, 1.165) is 11.8 Å². The normalized spacial score (nSPS) is 10.3. The first-order chi connectivity index (χ1) is 9.50. The molecule has 0 fully saturated rings. The van der Waals surface area contributed by atoms with Gasteiger partial charge >= 0.3 is 11.7 Å². The Morgan fingerprint density at radius 2 is 2.05 bits per heavy atom. The lowest BCUT2D eigenvalue weighted by Gasteiger charge is -2.15. The predicted octanol–water partition coefficient (Wildman–Crippen LogP) is 1.60. The molecule has 0 saturated heterocycles. The summed E-state index contributed by atoms with van der Waals surface area (Å²) < 4.78 is 1.18. The first-order valence-electron chi connectivity index (χ1n) is 5.96. The third-order valence-corrected chi connectivity index (χ3v) is 2.95. The topological polar surface area (TPSA) is 81.3 Å². The number of amides is 1. The summed E-state index contributed by atoms with van der Waals surface area (Å²) in [4.78, 5) is 27.7. The van der Waals surface area contributed by atoms with Crippen LogP contribution in [0.3, 0.4) is 0 Å². The van der Waals surface area contributed by atoms with Crippen LogP contribution in [0, 0.1) is 10.1 Å². The molecule has 0 radical (unpaired) electrons. The van der Waals surface area contributed by atoms with Crippen LogP contribution in [0.5, 0.6) is 0 Å². The van der Waals surface area contributed by atoms with E-state index in [0.29, 0.717) is 6.54 Å². The molecule has 0 unspecified atom stereocenters. The van der Waals surface area contributed by atoms with Crippen molar-refractivity contribution in [3.05, 3.63) is 58.0 Å². The minimum Gasteiger partial charge on any atom is -0.358 e. The number of hydrogen-bond acceptors (Lipinski definition) is 4. The second-order valence-electron chi connectivity index (χ2n) is 4.40. The molecule has 0 saturated carbocycles. The lowest BCUT2D eigenvalue weighted by atomic mass is 10.2. The molecular weight excluding hydrogens is 260 g/mol. The Kier molecular flexibility index (Phi) is 3.79. The molecule has 0 aliphatic rings. The van der Waals surface area contributed by atoms with Gasteiger partial charge in [0.25, 0.3) is 5.82 Å². The Bertz CT molecular complexity index is 636. The number of carbonyl (C=O) groups is 1. The van der Waals surface area contributed by atoms with Crippen LogP contribution < -0.4 is 0 Å². The number of hydrogen-bond donors (Lipinski definition) is 0. The Labute approximate surface area is 115 Å². The largest absolute Gasteiger partial charge is 0.358 e. The molecule has 0 spiro atoms. The SMILES string of the molecule is CN(Cc1ccccc1)C(=O)c1ncc([N+](=O)[O-])n1C. The first-order valence-corrected chi connectivity index (χ1v) is 5.96. The van der Waals surface area contributed by atoms with Crippen molar-refractivity contribution in [2.24, 2.45) is 7.05 Å².